The van der Waals surface area contributed by atoms with Crippen molar-refractivity contribution in [1.29, 1.82) is 5.26 Å². The van der Waals surface area contributed by atoms with Crippen molar-refractivity contribution in [3.8, 4) is 11.8 Å². The maximum absolute atomic E-state index is 12.6. The Balaban J connectivity index is 1.78. The molecule has 2 aromatic carbocycles. The van der Waals surface area contributed by atoms with E-state index < -0.39 is 23.6 Å². The Morgan fingerprint density at radius 1 is 1.20 bits per heavy atom. The second-order valence-electron chi connectivity index (χ2n) is 6.44. The molecule has 1 N–H and O–H groups in total. The Kier molecular flexibility index (Phi) is 5.85. The molecule has 1 unspecified atom stereocenters. The number of carbonyl (C=O) groups excluding carboxylic acids is 1. The van der Waals surface area contributed by atoms with Gasteiger partial charge in [-0.05, 0) is 48.9 Å². The van der Waals surface area contributed by atoms with Crippen LogP contribution in [-0.4, -0.2) is 32.8 Å². The number of carbonyl (C=O) groups is 1. The van der Waals surface area contributed by atoms with Gasteiger partial charge in [-0.2, -0.15) is 20.3 Å². The molecule has 156 valence electrons. The molecule has 0 saturated heterocycles. The van der Waals surface area contributed by atoms with Gasteiger partial charge in [-0.25, -0.2) is 0 Å². The van der Waals surface area contributed by atoms with Gasteiger partial charge >= 0.3 is 6.36 Å². The summed E-state index contributed by atoms with van der Waals surface area (Å²) in [5.41, 5.74) is -0.147. The van der Waals surface area contributed by atoms with Gasteiger partial charge in [-0.15, -0.1) is 13.2 Å². The molecule has 3 rings (SSSR count). The molecule has 1 amide bonds. The highest BCUT2D eigenvalue weighted by molar-refractivity contribution is 6.31. The van der Waals surface area contributed by atoms with E-state index in [0.717, 1.165) is 12.1 Å². The summed E-state index contributed by atoms with van der Waals surface area (Å²) in [6.45, 7) is 1.68. The molecule has 0 aliphatic carbocycles. The van der Waals surface area contributed by atoms with E-state index in [1.54, 1.807) is 25.1 Å². The van der Waals surface area contributed by atoms with E-state index in [9.17, 15) is 23.2 Å². The topological polar surface area (TPSA) is 92.8 Å². The van der Waals surface area contributed by atoms with E-state index in [2.05, 4.69) is 26.3 Å². The fourth-order valence-electron chi connectivity index (χ4n) is 2.72. The number of nitrogens with one attached hydrogen (secondary N) is 1. The molecular weight excluding hydrogens is 423 g/mol. The summed E-state index contributed by atoms with van der Waals surface area (Å²) >= 11 is 5.94. The largest absolute Gasteiger partial charge is 0.573 e. The fourth-order valence-corrected chi connectivity index (χ4v) is 2.89. The lowest BCUT2D eigenvalue weighted by molar-refractivity contribution is -0.274. The van der Waals surface area contributed by atoms with E-state index in [0.29, 0.717) is 16.1 Å². The minimum absolute atomic E-state index is 0.0344. The zero-order valence-electron chi connectivity index (χ0n) is 15.6. The number of nitrogens with zero attached hydrogens (tertiary/aromatic N) is 4. The van der Waals surface area contributed by atoms with Crippen LogP contribution >= 0.6 is 11.6 Å². The van der Waals surface area contributed by atoms with Gasteiger partial charge in [0.05, 0.1) is 12.6 Å². The number of fused-ring (bicyclic) bond motifs is 1. The average Bonchev–Trinajstić information content (AvgIpc) is 3.07. The van der Waals surface area contributed by atoms with Crippen LogP contribution in [-0.2, 0) is 6.54 Å². The lowest BCUT2D eigenvalue weighted by Crippen LogP contribution is -2.50. The van der Waals surface area contributed by atoms with Gasteiger partial charge in [0.15, 0.2) is 0 Å². The van der Waals surface area contributed by atoms with E-state index in [1.807, 2.05) is 0 Å². The first-order chi connectivity index (χ1) is 14.1. The summed E-state index contributed by atoms with van der Waals surface area (Å²) in [7, 11) is 0. The molecule has 1 atom stereocenters. The van der Waals surface area contributed by atoms with Crippen molar-refractivity contribution >= 4 is 28.5 Å². The highest BCUT2D eigenvalue weighted by Gasteiger charge is 2.33. The smallest absolute Gasteiger partial charge is 0.406 e. The van der Waals surface area contributed by atoms with Gasteiger partial charge in [0, 0.05) is 10.6 Å². The molecule has 0 aliphatic rings. The Hall–Kier alpha value is -3.32. The van der Waals surface area contributed by atoms with Crippen LogP contribution in [0.25, 0.3) is 11.0 Å². The van der Waals surface area contributed by atoms with Crippen molar-refractivity contribution in [2.24, 2.45) is 0 Å². The Morgan fingerprint density at radius 3 is 2.47 bits per heavy atom. The van der Waals surface area contributed by atoms with Gasteiger partial charge in [0.25, 0.3) is 5.91 Å². The molecule has 0 aliphatic heterocycles. The average molecular weight is 438 g/mol. The molecule has 0 radical (unpaired) electrons. The maximum atomic E-state index is 12.6. The second-order valence-corrected chi connectivity index (χ2v) is 6.87. The minimum Gasteiger partial charge on any atom is -0.406 e. The van der Waals surface area contributed by atoms with Crippen molar-refractivity contribution in [2.75, 3.05) is 0 Å². The summed E-state index contributed by atoms with van der Waals surface area (Å²) in [6.07, 6.45) is -4.59. The van der Waals surface area contributed by atoms with Gasteiger partial charge in [0.1, 0.15) is 22.3 Å². The zero-order valence-corrected chi connectivity index (χ0v) is 16.3. The Bertz CT molecular complexity index is 1110. The summed E-state index contributed by atoms with van der Waals surface area (Å²) in [6, 6.07) is 11.5. The van der Waals surface area contributed by atoms with E-state index in [-0.39, 0.29) is 18.5 Å². The monoisotopic (exact) mass is 437 g/mol. The molecule has 3 aromatic rings. The van der Waals surface area contributed by atoms with Crippen LogP contribution < -0.4 is 10.1 Å². The Labute approximate surface area is 174 Å². The number of halogens is 4. The Morgan fingerprint density at radius 2 is 1.87 bits per heavy atom. The third-order valence-electron chi connectivity index (χ3n) is 4.32. The van der Waals surface area contributed by atoms with Crippen LogP contribution in [0.3, 0.4) is 0 Å². The van der Waals surface area contributed by atoms with Crippen LogP contribution in [0, 0.1) is 11.3 Å². The highest BCUT2D eigenvalue weighted by atomic mass is 35.5. The first kappa shape index (κ1) is 21.4. The first-order valence-corrected chi connectivity index (χ1v) is 9.11. The van der Waals surface area contributed by atoms with Crippen LogP contribution in [0.15, 0.2) is 42.5 Å². The normalized spacial score (nSPS) is 13.5. The number of hydrogen-bond acceptors (Lipinski definition) is 5. The zero-order chi connectivity index (χ0) is 21.9. The number of nitriles is 1. The standard InChI is InChI=1S/C19H15ClF3N5O2/c1-2-18(10-24,11-28-26-15-8-5-13(20)9-16(15)27-28)25-17(29)12-3-6-14(7-4-12)30-19(21,22)23/h3-9H,2,11H2,1H3,(H,25,29). The predicted molar refractivity (Wildman–Crippen MR) is 102 cm³/mol. The van der Waals surface area contributed by atoms with Crippen molar-refractivity contribution in [2.45, 2.75) is 31.8 Å². The minimum atomic E-state index is -4.83. The lowest BCUT2D eigenvalue weighted by Gasteiger charge is -2.25. The van der Waals surface area contributed by atoms with E-state index in [1.165, 1.54) is 16.9 Å². The quantitative estimate of drug-likeness (QED) is 0.627. The van der Waals surface area contributed by atoms with Gasteiger partial charge in [-0.1, -0.05) is 18.5 Å². The number of aromatic nitrogens is 3. The molecule has 0 saturated carbocycles. The summed E-state index contributed by atoms with van der Waals surface area (Å²) < 4.78 is 40.6. The summed E-state index contributed by atoms with van der Waals surface area (Å²) in [5, 5.41) is 21.4. The van der Waals surface area contributed by atoms with Crippen LogP contribution in [0.5, 0.6) is 5.75 Å². The third kappa shape index (κ3) is 4.99. The van der Waals surface area contributed by atoms with Gasteiger partial charge < -0.3 is 10.1 Å². The molecule has 0 bridgehead atoms. The second kappa shape index (κ2) is 8.20. The number of ether oxygens (including phenoxy) is 1. The van der Waals surface area contributed by atoms with Crippen molar-refractivity contribution in [3.05, 3.63) is 53.1 Å². The predicted octanol–water partition coefficient (Wildman–Crippen LogP) is 4.09. The summed E-state index contributed by atoms with van der Waals surface area (Å²) in [5.74, 6) is -1.08. The number of benzene rings is 2. The molecule has 0 spiro atoms. The number of alkyl halides is 3. The first-order valence-electron chi connectivity index (χ1n) is 8.73. The SMILES string of the molecule is CCC(C#N)(Cn1nc2ccc(Cl)cc2n1)NC(=O)c1ccc(OC(F)(F)F)cc1. The van der Waals surface area contributed by atoms with Crippen LogP contribution in [0.2, 0.25) is 5.02 Å². The lowest BCUT2D eigenvalue weighted by atomic mass is 9.97. The molecule has 11 heteroatoms. The van der Waals surface area contributed by atoms with Crippen LogP contribution in [0.1, 0.15) is 23.7 Å². The van der Waals surface area contributed by atoms with E-state index >= 15 is 0 Å². The number of hydrogen-bond donors (Lipinski definition) is 1. The molecule has 1 heterocycles. The van der Waals surface area contributed by atoms with Gasteiger partial charge in [-0.3, -0.25) is 4.79 Å². The van der Waals surface area contributed by atoms with Gasteiger partial charge in [0.2, 0.25) is 0 Å². The molecule has 7 nitrogen and oxygen atoms in total. The molecule has 0 fully saturated rings. The van der Waals surface area contributed by atoms with Crippen LogP contribution in [0.4, 0.5) is 13.2 Å². The number of rotatable bonds is 6. The van der Waals surface area contributed by atoms with Crippen molar-refractivity contribution in [3.63, 3.8) is 0 Å². The maximum Gasteiger partial charge on any atom is 0.573 e. The molecular formula is C19H15ClF3N5O2. The molecule has 30 heavy (non-hydrogen) atoms. The van der Waals surface area contributed by atoms with Crippen molar-refractivity contribution in [1.82, 2.24) is 20.3 Å². The highest BCUT2D eigenvalue weighted by Crippen LogP contribution is 2.23. The van der Waals surface area contributed by atoms with E-state index in [4.69, 9.17) is 11.6 Å². The summed E-state index contributed by atoms with van der Waals surface area (Å²) in [4.78, 5) is 13.9. The third-order valence-corrected chi connectivity index (χ3v) is 4.55. The molecule has 1 aromatic heterocycles. The van der Waals surface area contributed by atoms with Crippen molar-refractivity contribution < 1.29 is 22.7 Å². The number of amides is 1. The fraction of sp³-hybridized carbons (Fsp3) is 0.263.